The Hall–Kier alpha value is -2.05. The molecule has 4 nitrogen and oxygen atoms in total. The molecule has 1 atom stereocenters. The molecule has 1 aliphatic rings. The van der Waals surface area contributed by atoms with Crippen LogP contribution in [-0.2, 0) is 11.2 Å². The third-order valence-corrected chi connectivity index (χ3v) is 7.47. The third kappa shape index (κ3) is 5.60. The summed E-state index contributed by atoms with van der Waals surface area (Å²) in [6, 6.07) is 14.2. The Labute approximate surface area is 219 Å². The van der Waals surface area contributed by atoms with Gasteiger partial charge in [-0.3, -0.25) is 9.59 Å². The molecule has 0 saturated heterocycles. The zero-order valence-electron chi connectivity index (χ0n) is 18.9. The van der Waals surface area contributed by atoms with Gasteiger partial charge in [-0.1, -0.05) is 60.8 Å². The topological polar surface area (TPSA) is 40.6 Å². The molecule has 0 N–H and O–H groups in total. The lowest BCUT2D eigenvalue weighted by Crippen LogP contribution is -2.47. The predicted octanol–water partition coefficient (Wildman–Crippen LogP) is 6.98. The summed E-state index contributed by atoms with van der Waals surface area (Å²) in [5.41, 5.74) is 2.51. The minimum absolute atomic E-state index is 0.0231. The van der Waals surface area contributed by atoms with E-state index in [9.17, 15) is 9.59 Å². The second-order valence-electron chi connectivity index (χ2n) is 8.83. The van der Waals surface area contributed by atoms with Crippen LogP contribution >= 0.6 is 46.1 Å². The van der Waals surface area contributed by atoms with Gasteiger partial charge in [0.2, 0.25) is 5.91 Å². The van der Waals surface area contributed by atoms with Crippen molar-refractivity contribution in [1.82, 2.24) is 9.80 Å². The highest BCUT2D eigenvalue weighted by atomic mass is 35.5. The third-order valence-electron chi connectivity index (χ3n) is 5.78. The van der Waals surface area contributed by atoms with Gasteiger partial charge in [0.15, 0.2) is 0 Å². The molecular weight excluding hydrogens is 511 g/mol. The Kier molecular flexibility index (Phi) is 7.88. The van der Waals surface area contributed by atoms with E-state index < -0.39 is 0 Å². The number of amides is 2. The minimum Gasteiger partial charge on any atom is -0.330 e. The van der Waals surface area contributed by atoms with E-state index in [1.54, 1.807) is 34.4 Å². The Morgan fingerprint density at radius 3 is 2.35 bits per heavy atom. The highest BCUT2D eigenvalue weighted by molar-refractivity contribution is 7.10. The minimum atomic E-state index is -0.261. The van der Waals surface area contributed by atoms with Crippen LogP contribution in [0.4, 0.5) is 0 Å². The molecule has 2 aromatic carbocycles. The number of benzene rings is 2. The van der Waals surface area contributed by atoms with Crippen LogP contribution in [0, 0.1) is 5.92 Å². The molecule has 0 spiro atoms. The van der Waals surface area contributed by atoms with Gasteiger partial charge in [0.05, 0.1) is 6.04 Å². The number of rotatable bonds is 6. The van der Waals surface area contributed by atoms with Crippen LogP contribution in [-0.4, -0.2) is 41.2 Å². The van der Waals surface area contributed by atoms with E-state index in [0.717, 1.165) is 17.5 Å². The number of thiophene rings is 1. The summed E-state index contributed by atoms with van der Waals surface area (Å²) >= 11 is 20.1. The second-order valence-corrected chi connectivity index (χ2v) is 11.1. The zero-order valence-corrected chi connectivity index (χ0v) is 22.0. The first-order chi connectivity index (χ1) is 16.2. The van der Waals surface area contributed by atoms with Gasteiger partial charge in [-0.25, -0.2) is 0 Å². The lowest BCUT2D eigenvalue weighted by molar-refractivity contribution is -0.134. The maximum Gasteiger partial charge on any atom is 0.254 e. The Morgan fingerprint density at radius 1 is 1.03 bits per heavy atom. The van der Waals surface area contributed by atoms with Gasteiger partial charge in [0, 0.05) is 38.6 Å². The van der Waals surface area contributed by atoms with Crippen molar-refractivity contribution >= 4 is 58.0 Å². The maximum atomic E-state index is 13.7. The molecule has 1 aromatic heterocycles. The van der Waals surface area contributed by atoms with E-state index in [0.29, 0.717) is 33.7 Å². The van der Waals surface area contributed by atoms with Crippen molar-refractivity contribution in [3.8, 4) is 0 Å². The van der Waals surface area contributed by atoms with Crippen molar-refractivity contribution in [3.05, 3.63) is 90.5 Å². The van der Waals surface area contributed by atoms with Crippen LogP contribution in [0.15, 0.2) is 53.9 Å². The number of fused-ring (bicyclic) bond motifs is 1. The molecule has 0 fully saturated rings. The molecule has 178 valence electrons. The average molecular weight is 536 g/mol. The fourth-order valence-corrected chi connectivity index (χ4v) is 5.92. The number of carbonyl (C=O) groups is 2. The van der Waals surface area contributed by atoms with Crippen molar-refractivity contribution in [2.45, 2.75) is 26.3 Å². The van der Waals surface area contributed by atoms with Crippen molar-refractivity contribution in [3.63, 3.8) is 0 Å². The summed E-state index contributed by atoms with van der Waals surface area (Å²) in [5.74, 6) is -0.176. The van der Waals surface area contributed by atoms with Crippen LogP contribution in [0.5, 0.6) is 0 Å². The fourth-order valence-electron chi connectivity index (χ4n) is 4.36. The van der Waals surface area contributed by atoms with E-state index in [1.807, 2.05) is 43.0 Å². The standard InChI is InChI=1S/C26H25Cl3N2O2S/c1-16(2)14-30(26(33)18-11-20(28)13-21(29)12-18)15-24(32)31-9-7-23-22(8-10-34-23)25(31)17-3-5-19(27)6-4-17/h3-6,8,10-13,16,25H,7,9,14-15H2,1-2H3. The number of nitrogens with zero attached hydrogens (tertiary/aromatic N) is 2. The molecule has 34 heavy (non-hydrogen) atoms. The average Bonchev–Trinajstić information content (AvgIpc) is 3.26. The van der Waals surface area contributed by atoms with E-state index >= 15 is 0 Å². The Balaban J connectivity index is 1.63. The van der Waals surface area contributed by atoms with Gasteiger partial charge >= 0.3 is 0 Å². The largest absolute Gasteiger partial charge is 0.330 e. The molecule has 0 bridgehead atoms. The van der Waals surface area contributed by atoms with E-state index in [-0.39, 0.29) is 30.3 Å². The number of halogens is 3. The first-order valence-corrected chi connectivity index (χ1v) is 13.1. The fraction of sp³-hybridized carbons (Fsp3) is 0.308. The summed E-state index contributed by atoms with van der Waals surface area (Å²) in [5, 5.41) is 3.49. The molecule has 8 heteroatoms. The first-order valence-electron chi connectivity index (χ1n) is 11.1. The van der Waals surface area contributed by atoms with Crippen molar-refractivity contribution in [2.75, 3.05) is 19.6 Å². The van der Waals surface area contributed by atoms with Gasteiger partial charge in [0.25, 0.3) is 5.91 Å². The normalized spacial score (nSPS) is 15.4. The highest BCUT2D eigenvalue weighted by Gasteiger charge is 2.34. The predicted molar refractivity (Wildman–Crippen MR) is 140 cm³/mol. The number of hydrogen-bond donors (Lipinski definition) is 0. The van der Waals surface area contributed by atoms with Crippen molar-refractivity contribution in [1.29, 1.82) is 0 Å². The lowest BCUT2D eigenvalue weighted by Gasteiger charge is -2.38. The molecule has 0 radical (unpaired) electrons. The summed E-state index contributed by atoms with van der Waals surface area (Å²) in [6.45, 7) is 5.05. The monoisotopic (exact) mass is 534 g/mol. The number of carbonyl (C=O) groups excluding carboxylic acids is 2. The molecule has 4 rings (SSSR count). The Bertz CT molecular complexity index is 1170. The molecular formula is C26H25Cl3N2O2S. The Morgan fingerprint density at radius 2 is 1.71 bits per heavy atom. The SMILES string of the molecule is CC(C)CN(CC(=O)N1CCc2sccc2C1c1ccc(Cl)cc1)C(=O)c1cc(Cl)cc(Cl)c1. The van der Waals surface area contributed by atoms with Crippen molar-refractivity contribution < 1.29 is 9.59 Å². The lowest BCUT2D eigenvalue weighted by atomic mass is 9.93. The number of hydrogen-bond acceptors (Lipinski definition) is 3. The van der Waals surface area contributed by atoms with Crippen LogP contribution < -0.4 is 0 Å². The molecule has 1 aliphatic heterocycles. The van der Waals surface area contributed by atoms with E-state index in [4.69, 9.17) is 34.8 Å². The van der Waals surface area contributed by atoms with E-state index in [1.165, 1.54) is 4.88 Å². The summed E-state index contributed by atoms with van der Waals surface area (Å²) in [4.78, 5) is 31.8. The van der Waals surface area contributed by atoms with Gasteiger partial charge in [-0.15, -0.1) is 11.3 Å². The van der Waals surface area contributed by atoms with Gasteiger partial charge < -0.3 is 9.80 Å². The molecule has 1 unspecified atom stereocenters. The molecule has 3 aromatic rings. The van der Waals surface area contributed by atoms with Crippen LogP contribution in [0.2, 0.25) is 15.1 Å². The first kappa shape index (κ1) is 25.1. The maximum absolute atomic E-state index is 13.7. The second kappa shape index (κ2) is 10.7. The molecule has 2 amide bonds. The molecule has 2 heterocycles. The van der Waals surface area contributed by atoms with Crippen molar-refractivity contribution in [2.24, 2.45) is 5.92 Å². The van der Waals surface area contributed by atoms with Gasteiger partial charge in [-0.2, -0.15) is 0 Å². The van der Waals surface area contributed by atoms with Crippen LogP contribution in [0.25, 0.3) is 0 Å². The summed E-state index contributed by atoms with van der Waals surface area (Å²) in [6.07, 6.45) is 0.796. The highest BCUT2D eigenvalue weighted by Crippen LogP contribution is 2.38. The van der Waals surface area contributed by atoms with Crippen LogP contribution in [0.3, 0.4) is 0 Å². The summed E-state index contributed by atoms with van der Waals surface area (Å²) < 4.78 is 0. The van der Waals surface area contributed by atoms with Gasteiger partial charge in [-0.05, 0) is 65.2 Å². The quantitative estimate of drug-likeness (QED) is 0.342. The zero-order chi connectivity index (χ0) is 24.4. The molecule has 0 aliphatic carbocycles. The molecule has 0 saturated carbocycles. The summed E-state index contributed by atoms with van der Waals surface area (Å²) in [7, 11) is 0. The van der Waals surface area contributed by atoms with E-state index in [2.05, 4.69) is 11.4 Å². The van der Waals surface area contributed by atoms with Crippen LogP contribution in [0.1, 0.15) is 46.3 Å². The smallest absolute Gasteiger partial charge is 0.254 e. The van der Waals surface area contributed by atoms with Gasteiger partial charge in [0.1, 0.15) is 6.54 Å².